The molecule has 1 heterocycles. The van der Waals surface area contributed by atoms with Crippen LogP contribution >= 0.6 is 11.8 Å². The number of hydrogen-bond donors (Lipinski definition) is 0. The lowest BCUT2D eigenvalue weighted by Crippen LogP contribution is -2.39. The van der Waals surface area contributed by atoms with Crippen molar-refractivity contribution in [3.8, 4) is 0 Å². The van der Waals surface area contributed by atoms with Crippen molar-refractivity contribution >= 4 is 21.6 Å². The van der Waals surface area contributed by atoms with Gasteiger partial charge in [0.2, 0.25) is 0 Å². The lowest BCUT2D eigenvalue weighted by molar-refractivity contribution is 0.217. The number of thioether (sulfide) groups is 1. The first-order chi connectivity index (χ1) is 9.41. The fourth-order valence-electron chi connectivity index (χ4n) is 2.55. The largest absolute Gasteiger partial charge is 0.295 e. The molecule has 1 fully saturated rings. The summed E-state index contributed by atoms with van der Waals surface area (Å²) in [5.41, 5.74) is 1.19. The summed E-state index contributed by atoms with van der Waals surface area (Å²) in [6.45, 7) is 6.68. The highest BCUT2D eigenvalue weighted by Crippen LogP contribution is 2.28. The van der Waals surface area contributed by atoms with Crippen LogP contribution in [-0.4, -0.2) is 43.7 Å². The SMILES string of the molecule is CC[C@@H]1CN([C@H](C)c2ccc(S(C)(=O)=O)cc2)CCS1. The van der Waals surface area contributed by atoms with Gasteiger partial charge in [0.15, 0.2) is 9.84 Å². The molecule has 0 aromatic heterocycles. The third-order valence-electron chi connectivity index (χ3n) is 3.96. The summed E-state index contributed by atoms with van der Waals surface area (Å²) >= 11 is 2.06. The molecule has 0 aliphatic carbocycles. The van der Waals surface area contributed by atoms with Gasteiger partial charge in [-0.15, -0.1) is 0 Å². The van der Waals surface area contributed by atoms with E-state index in [1.165, 1.54) is 24.0 Å². The Hall–Kier alpha value is -0.520. The van der Waals surface area contributed by atoms with Crippen molar-refractivity contribution < 1.29 is 8.42 Å². The second kappa shape index (κ2) is 6.50. The fraction of sp³-hybridized carbons (Fsp3) is 0.600. The first-order valence-corrected chi connectivity index (χ1v) is 10.0. The molecule has 1 aliphatic heterocycles. The highest BCUT2D eigenvalue weighted by atomic mass is 32.2. The summed E-state index contributed by atoms with van der Waals surface area (Å²) in [5.74, 6) is 1.18. The Morgan fingerprint density at radius 3 is 2.55 bits per heavy atom. The van der Waals surface area contributed by atoms with Crippen LogP contribution in [0.4, 0.5) is 0 Å². The van der Waals surface area contributed by atoms with Crippen LogP contribution in [0.15, 0.2) is 29.2 Å². The Balaban J connectivity index is 2.11. The molecule has 1 aromatic carbocycles. The van der Waals surface area contributed by atoms with E-state index in [-0.39, 0.29) is 0 Å². The van der Waals surface area contributed by atoms with Crippen molar-refractivity contribution in [2.75, 3.05) is 25.1 Å². The predicted octanol–water partition coefficient (Wildman–Crippen LogP) is 2.98. The molecule has 2 atom stereocenters. The van der Waals surface area contributed by atoms with E-state index < -0.39 is 9.84 Å². The molecule has 0 bridgehead atoms. The van der Waals surface area contributed by atoms with Crippen molar-refractivity contribution in [3.05, 3.63) is 29.8 Å². The van der Waals surface area contributed by atoms with Gasteiger partial charge in [-0.25, -0.2) is 8.42 Å². The van der Waals surface area contributed by atoms with E-state index in [1.807, 2.05) is 12.1 Å². The van der Waals surface area contributed by atoms with Crippen molar-refractivity contribution in [1.29, 1.82) is 0 Å². The van der Waals surface area contributed by atoms with Gasteiger partial charge in [-0.1, -0.05) is 19.1 Å². The average Bonchev–Trinajstić information content (AvgIpc) is 2.46. The topological polar surface area (TPSA) is 37.4 Å². The molecule has 2 rings (SSSR count). The lowest BCUT2D eigenvalue weighted by Gasteiger charge is -2.36. The van der Waals surface area contributed by atoms with Gasteiger partial charge in [0, 0.05) is 36.4 Å². The first kappa shape index (κ1) is 15.9. The Labute approximate surface area is 126 Å². The van der Waals surface area contributed by atoms with Crippen molar-refractivity contribution in [1.82, 2.24) is 4.90 Å². The fourth-order valence-corrected chi connectivity index (χ4v) is 4.38. The highest BCUT2D eigenvalue weighted by Gasteiger charge is 2.23. The molecule has 0 saturated carbocycles. The van der Waals surface area contributed by atoms with Gasteiger partial charge in [-0.3, -0.25) is 4.90 Å². The lowest BCUT2D eigenvalue weighted by atomic mass is 10.1. The number of nitrogens with zero attached hydrogens (tertiary/aromatic N) is 1. The van der Waals surface area contributed by atoms with Gasteiger partial charge >= 0.3 is 0 Å². The summed E-state index contributed by atoms with van der Waals surface area (Å²) in [5, 5.41) is 0.724. The van der Waals surface area contributed by atoms with Crippen LogP contribution in [0.2, 0.25) is 0 Å². The molecule has 112 valence electrons. The van der Waals surface area contributed by atoms with Gasteiger partial charge in [0.1, 0.15) is 0 Å². The molecule has 5 heteroatoms. The van der Waals surface area contributed by atoms with Crippen molar-refractivity contribution in [3.63, 3.8) is 0 Å². The maximum atomic E-state index is 11.5. The summed E-state index contributed by atoms with van der Waals surface area (Å²) in [6, 6.07) is 7.68. The Kier molecular flexibility index (Phi) is 5.15. The van der Waals surface area contributed by atoms with Crippen LogP contribution in [-0.2, 0) is 9.84 Å². The summed E-state index contributed by atoms with van der Waals surface area (Å²) in [7, 11) is -3.10. The summed E-state index contributed by atoms with van der Waals surface area (Å²) in [6.07, 6.45) is 2.46. The summed E-state index contributed by atoms with van der Waals surface area (Å²) < 4.78 is 23.0. The van der Waals surface area contributed by atoms with Crippen LogP contribution in [0, 0.1) is 0 Å². The van der Waals surface area contributed by atoms with Crippen LogP contribution in [0.3, 0.4) is 0 Å². The smallest absolute Gasteiger partial charge is 0.175 e. The molecule has 0 radical (unpaired) electrons. The van der Waals surface area contributed by atoms with Gasteiger partial charge in [0.05, 0.1) is 4.90 Å². The monoisotopic (exact) mass is 313 g/mol. The molecule has 20 heavy (non-hydrogen) atoms. The first-order valence-electron chi connectivity index (χ1n) is 7.07. The van der Waals surface area contributed by atoms with E-state index >= 15 is 0 Å². The number of benzene rings is 1. The molecule has 0 amide bonds. The molecule has 1 aliphatic rings. The van der Waals surface area contributed by atoms with E-state index in [0.717, 1.165) is 18.3 Å². The molecular weight excluding hydrogens is 290 g/mol. The maximum Gasteiger partial charge on any atom is 0.175 e. The molecule has 3 nitrogen and oxygen atoms in total. The Morgan fingerprint density at radius 2 is 2.00 bits per heavy atom. The minimum Gasteiger partial charge on any atom is -0.295 e. The second-order valence-electron chi connectivity index (χ2n) is 5.41. The third kappa shape index (κ3) is 3.77. The van der Waals surface area contributed by atoms with Crippen molar-refractivity contribution in [2.45, 2.75) is 36.5 Å². The molecule has 1 saturated heterocycles. The molecule has 0 N–H and O–H groups in total. The number of hydrogen-bond acceptors (Lipinski definition) is 4. The third-order valence-corrected chi connectivity index (χ3v) is 6.46. The molecule has 0 unspecified atom stereocenters. The van der Waals surface area contributed by atoms with Crippen molar-refractivity contribution in [2.24, 2.45) is 0 Å². The van der Waals surface area contributed by atoms with Crippen LogP contribution < -0.4 is 0 Å². The van der Waals surface area contributed by atoms with Gasteiger partial charge < -0.3 is 0 Å². The van der Waals surface area contributed by atoms with E-state index in [2.05, 4.69) is 30.5 Å². The van der Waals surface area contributed by atoms with E-state index in [4.69, 9.17) is 0 Å². The zero-order chi connectivity index (χ0) is 14.8. The zero-order valence-electron chi connectivity index (χ0n) is 12.4. The normalized spacial score (nSPS) is 22.6. The second-order valence-corrected chi connectivity index (χ2v) is 8.84. The Bertz CT molecular complexity index is 539. The van der Waals surface area contributed by atoms with E-state index in [1.54, 1.807) is 12.1 Å². The van der Waals surface area contributed by atoms with Crippen LogP contribution in [0.25, 0.3) is 0 Å². The summed E-state index contributed by atoms with van der Waals surface area (Å²) in [4.78, 5) is 2.90. The number of sulfone groups is 1. The Morgan fingerprint density at radius 1 is 1.35 bits per heavy atom. The average molecular weight is 313 g/mol. The quantitative estimate of drug-likeness (QED) is 0.856. The molecule has 1 aromatic rings. The van der Waals surface area contributed by atoms with Crippen LogP contribution in [0.5, 0.6) is 0 Å². The van der Waals surface area contributed by atoms with Gasteiger partial charge in [-0.2, -0.15) is 11.8 Å². The van der Waals surface area contributed by atoms with Gasteiger partial charge in [-0.05, 0) is 31.0 Å². The highest BCUT2D eigenvalue weighted by molar-refractivity contribution is 8.00. The van der Waals surface area contributed by atoms with E-state index in [9.17, 15) is 8.42 Å². The zero-order valence-corrected chi connectivity index (χ0v) is 14.0. The van der Waals surface area contributed by atoms with Gasteiger partial charge in [0.25, 0.3) is 0 Å². The minimum atomic E-state index is -3.10. The minimum absolute atomic E-state index is 0.346. The standard InChI is InChI=1S/C15H23NO2S2/c1-4-14-11-16(9-10-19-14)12(2)13-5-7-15(8-6-13)20(3,17)18/h5-8,12,14H,4,9-11H2,1-3H3/t12-,14-/m1/s1. The maximum absolute atomic E-state index is 11.5. The van der Waals surface area contributed by atoms with E-state index in [0.29, 0.717) is 10.9 Å². The number of rotatable bonds is 4. The predicted molar refractivity (Wildman–Crippen MR) is 86.1 cm³/mol. The molecule has 0 spiro atoms. The van der Waals surface area contributed by atoms with Crippen LogP contribution in [0.1, 0.15) is 31.9 Å². The molecular formula is C15H23NO2S2.